The molecule has 0 atom stereocenters. The van der Waals surface area contributed by atoms with E-state index >= 15 is 0 Å². The van der Waals surface area contributed by atoms with E-state index in [1.165, 1.54) is 4.31 Å². The fraction of sp³-hybridized carbons (Fsp3) is 0.294. The van der Waals surface area contributed by atoms with Gasteiger partial charge in [0.1, 0.15) is 11.2 Å². The molecule has 0 unspecified atom stereocenters. The average Bonchev–Trinajstić information content (AvgIpc) is 2.94. The molecule has 7 heteroatoms. The number of rotatable bonds is 3. The van der Waals surface area contributed by atoms with E-state index in [0.29, 0.717) is 26.2 Å². The third-order valence-corrected chi connectivity index (χ3v) is 5.66. The van der Waals surface area contributed by atoms with Gasteiger partial charge in [0.2, 0.25) is 0 Å². The lowest BCUT2D eigenvalue weighted by atomic mass is 10.1. The average molecular weight is 345 g/mol. The largest absolute Gasteiger partial charge is 0.456 e. The summed E-state index contributed by atoms with van der Waals surface area (Å²) in [5, 5.41) is 7.43. The quantitative estimate of drug-likeness (QED) is 0.786. The van der Waals surface area contributed by atoms with Crippen molar-refractivity contribution >= 4 is 32.1 Å². The van der Waals surface area contributed by atoms with Crippen molar-refractivity contribution < 1.29 is 12.8 Å². The first kappa shape index (κ1) is 15.6. The van der Waals surface area contributed by atoms with Crippen LogP contribution >= 0.6 is 0 Å². The molecule has 0 radical (unpaired) electrons. The molecule has 1 aliphatic heterocycles. The van der Waals surface area contributed by atoms with Crippen LogP contribution in [-0.2, 0) is 16.8 Å². The standard InChI is InChI=1S/C17H19N3O3S/c18-24(21,22)20-10-8-19(9-11-20)12-13-4-3-6-15-14-5-1-2-7-16(14)23-17(13)15/h1-7H,8-12H2,(H2,18,21,22). The zero-order chi connectivity index (χ0) is 16.7. The number of piperazine rings is 1. The normalized spacial score (nSPS) is 17.7. The molecule has 1 aliphatic rings. The summed E-state index contributed by atoms with van der Waals surface area (Å²) < 4.78 is 30.2. The Morgan fingerprint density at radius 2 is 1.67 bits per heavy atom. The van der Waals surface area contributed by atoms with Crippen LogP contribution in [0.2, 0.25) is 0 Å². The predicted molar refractivity (Wildman–Crippen MR) is 93.7 cm³/mol. The molecule has 126 valence electrons. The van der Waals surface area contributed by atoms with Gasteiger partial charge in [0.15, 0.2) is 0 Å². The number of hydrogen-bond acceptors (Lipinski definition) is 4. The number of nitrogens with zero attached hydrogens (tertiary/aromatic N) is 2. The van der Waals surface area contributed by atoms with Crippen LogP contribution in [0.25, 0.3) is 21.9 Å². The van der Waals surface area contributed by atoms with E-state index in [4.69, 9.17) is 9.56 Å². The van der Waals surface area contributed by atoms with Crippen LogP contribution in [-0.4, -0.2) is 43.8 Å². The lowest BCUT2D eigenvalue weighted by Gasteiger charge is -2.32. The van der Waals surface area contributed by atoms with Crippen LogP contribution in [0, 0.1) is 0 Å². The number of para-hydroxylation sites is 2. The van der Waals surface area contributed by atoms with Crippen LogP contribution in [0.3, 0.4) is 0 Å². The Balaban J connectivity index is 1.59. The third-order valence-electron chi connectivity index (χ3n) is 4.57. The smallest absolute Gasteiger partial charge is 0.276 e. The number of furan rings is 1. The van der Waals surface area contributed by atoms with E-state index in [2.05, 4.69) is 23.1 Å². The fourth-order valence-corrected chi connectivity index (χ4v) is 3.99. The molecule has 4 rings (SSSR count). The summed E-state index contributed by atoms with van der Waals surface area (Å²) in [6.45, 7) is 2.90. The molecule has 6 nitrogen and oxygen atoms in total. The molecule has 2 N–H and O–H groups in total. The molecule has 3 aromatic rings. The maximum absolute atomic E-state index is 11.4. The van der Waals surface area contributed by atoms with E-state index in [9.17, 15) is 8.42 Å². The zero-order valence-electron chi connectivity index (χ0n) is 13.2. The van der Waals surface area contributed by atoms with Crippen molar-refractivity contribution in [1.29, 1.82) is 0 Å². The minimum atomic E-state index is -3.59. The molecule has 1 saturated heterocycles. The van der Waals surface area contributed by atoms with Gasteiger partial charge < -0.3 is 4.42 Å². The summed E-state index contributed by atoms with van der Waals surface area (Å²) in [7, 11) is -3.59. The van der Waals surface area contributed by atoms with Crippen molar-refractivity contribution in [2.75, 3.05) is 26.2 Å². The molecule has 0 bridgehead atoms. The van der Waals surface area contributed by atoms with Gasteiger partial charge in [-0.2, -0.15) is 12.7 Å². The van der Waals surface area contributed by atoms with E-state index in [1.54, 1.807) is 0 Å². The molecular formula is C17H19N3O3S. The molecule has 24 heavy (non-hydrogen) atoms. The Hall–Kier alpha value is -1.93. The molecule has 0 saturated carbocycles. The maximum atomic E-state index is 11.4. The van der Waals surface area contributed by atoms with Crippen LogP contribution < -0.4 is 5.14 Å². The molecule has 2 aromatic carbocycles. The van der Waals surface area contributed by atoms with Gasteiger partial charge in [0, 0.05) is 49.1 Å². The number of fused-ring (bicyclic) bond motifs is 3. The number of benzene rings is 2. The lowest BCUT2D eigenvalue weighted by molar-refractivity contribution is 0.182. The van der Waals surface area contributed by atoms with Gasteiger partial charge in [-0.15, -0.1) is 0 Å². The first-order valence-corrected chi connectivity index (χ1v) is 9.42. The summed E-state index contributed by atoms with van der Waals surface area (Å²) in [5.74, 6) is 0. The van der Waals surface area contributed by atoms with Gasteiger partial charge in [-0.05, 0) is 6.07 Å². The van der Waals surface area contributed by atoms with Crippen molar-refractivity contribution in [3.63, 3.8) is 0 Å². The second-order valence-electron chi connectivity index (χ2n) is 6.11. The predicted octanol–water partition coefficient (Wildman–Crippen LogP) is 1.91. The van der Waals surface area contributed by atoms with Crippen molar-refractivity contribution in [2.45, 2.75) is 6.54 Å². The highest BCUT2D eigenvalue weighted by Crippen LogP contribution is 2.31. The summed E-state index contributed by atoms with van der Waals surface area (Å²) >= 11 is 0. The third kappa shape index (κ3) is 2.80. The molecular weight excluding hydrogens is 326 g/mol. The van der Waals surface area contributed by atoms with E-state index < -0.39 is 10.2 Å². The van der Waals surface area contributed by atoms with Gasteiger partial charge in [0.05, 0.1) is 0 Å². The first-order chi connectivity index (χ1) is 11.5. The minimum absolute atomic E-state index is 0.426. The lowest BCUT2D eigenvalue weighted by Crippen LogP contribution is -2.50. The Bertz CT molecular complexity index is 989. The van der Waals surface area contributed by atoms with Crippen LogP contribution in [0.1, 0.15) is 5.56 Å². The Kier molecular flexibility index (Phi) is 3.80. The van der Waals surface area contributed by atoms with E-state index in [1.807, 2.05) is 24.3 Å². The number of nitrogens with two attached hydrogens (primary N) is 1. The van der Waals surface area contributed by atoms with E-state index in [-0.39, 0.29) is 0 Å². The highest BCUT2D eigenvalue weighted by atomic mass is 32.2. The summed E-state index contributed by atoms with van der Waals surface area (Å²) in [4.78, 5) is 2.23. The summed E-state index contributed by atoms with van der Waals surface area (Å²) in [5.41, 5.74) is 2.92. The second kappa shape index (κ2) is 5.86. The van der Waals surface area contributed by atoms with Gasteiger partial charge in [0.25, 0.3) is 10.2 Å². The van der Waals surface area contributed by atoms with Crippen molar-refractivity contribution in [3.8, 4) is 0 Å². The van der Waals surface area contributed by atoms with Crippen molar-refractivity contribution in [3.05, 3.63) is 48.0 Å². The monoisotopic (exact) mass is 345 g/mol. The topological polar surface area (TPSA) is 79.8 Å². The van der Waals surface area contributed by atoms with Crippen LogP contribution in [0.5, 0.6) is 0 Å². The van der Waals surface area contributed by atoms with Crippen LogP contribution in [0.15, 0.2) is 46.9 Å². The first-order valence-electron chi connectivity index (χ1n) is 7.92. The molecule has 2 heterocycles. The SMILES string of the molecule is NS(=O)(=O)N1CCN(Cc2cccc3c2oc2ccccc23)CC1. The van der Waals surface area contributed by atoms with Crippen molar-refractivity contribution in [2.24, 2.45) is 5.14 Å². The molecule has 1 aromatic heterocycles. The molecule has 1 fully saturated rings. The fourth-order valence-electron chi connectivity index (χ4n) is 3.31. The van der Waals surface area contributed by atoms with E-state index in [0.717, 1.165) is 34.0 Å². The number of hydrogen-bond donors (Lipinski definition) is 1. The maximum Gasteiger partial charge on any atom is 0.276 e. The Morgan fingerprint density at radius 1 is 0.958 bits per heavy atom. The second-order valence-corrected chi connectivity index (χ2v) is 7.66. The minimum Gasteiger partial charge on any atom is -0.456 e. The summed E-state index contributed by atoms with van der Waals surface area (Å²) in [6, 6.07) is 14.2. The Labute approximate surface area is 140 Å². The van der Waals surface area contributed by atoms with Gasteiger partial charge >= 0.3 is 0 Å². The molecule has 0 aliphatic carbocycles. The van der Waals surface area contributed by atoms with Crippen LogP contribution in [0.4, 0.5) is 0 Å². The van der Waals surface area contributed by atoms with Gasteiger partial charge in [-0.3, -0.25) is 4.90 Å². The molecule has 0 amide bonds. The van der Waals surface area contributed by atoms with Gasteiger partial charge in [-0.1, -0.05) is 36.4 Å². The highest BCUT2D eigenvalue weighted by Gasteiger charge is 2.24. The summed E-state index contributed by atoms with van der Waals surface area (Å²) in [6.07, 6.45) is 0. The van der Waals surface area contributed by atoms with Gasteiger partial charge in [-0.25, -0.2) is 5.14 Å². The zero-order valence-corrected chi connectivity index (χ0v) is 14.0. The highest BCUT2D eigenvalue weighted by molar-refractivity contribution is 7.86. The Morgan fingerprint density at radius 3 is 2.42 bits per heavy atom. The molecule has 0 spiro atoms. The van der Waals surface area contributed by atoms with Crippen molar-refractivity contribution in [1.82, 2.24) is 9.21 Å².